The molecule has 1 aromatic carbocycles. The zero-order chi connectivity index (χ0) is 14.8. The van der Waals surface area contributed by atoms with Crippen molar-refractivity contribution in [2.24, 2.45) is 0 Å². The van der Waals surface area contributed by atoms with Crippen molar-refractivity contribution in [3.05, 3.63) is 41.8 Å². The molecule has 0 N–H and O–H groups in total. The topological polar surface area (TPSA) is 68.5 Å². The maximum absolute atomic E-state index is 13.7. The SMILES string of the molecule is COc1ccc(C(=O)N2CC[C@@H](c3ncon3)C2)cc1F. The predicted molar refractivity (Wildman–Crippen MR) is 70.5 cm³/mol. The van der Waals surface area contributed by atoms with Crippen LogP contribution in [0.5, 0.6) is 5.75 Å². The summed E-state index contributed by atoms with van der Waals surface area (Å²) in [4.78, 5) is 18.0. The molecule has 1 atom stereocenters. The molecule has 2 heterocycles. The smallest absolute Gasteiger partial charge is 0.253 e. The third-order valence-electron chi connectivity index (χ3n) is 3.62. The molecule has 0 bridgehead atoms. The molecule has 1 aliphatic heterocycles. The van der Waals surface area contributed by atoms with E-state index in [9.17, 15) is 9.18 Å². The lowest BCUT2D eigenvalue weighted by Crippen LogP contribution is -2.28. The molecule has 21 heavy (non-hydrogen) atoms. The van der Waals surface area contributed by atoms with Gasteiger partial charge in [-0.15, -0.1) is 0 Å². The van der Waals surface area contributed by atoms with Gasteiger partial charge in [0.05, 0.1) is 7.11 Å². The highest BCUT2D eigenvalue weighted by atomic mass is 19.1. The van der Waals surface area contributed by atoms with E-state index < -0.39 is 5.82 Å². The van der Waals surface area contributed by atoms with Crippen LogP contribution in [0.1, 0.15) is 28.5 Å². The molecular formula is C14H14FN3O3. The Morgan fingerprint density at radius 3 is 3.05 bits per heavy atom. The van der Waals surface area contributed by atoms with Crippen LogP contribution >= 0.6 is 0 Å². The lowest BCUT2D eigenvalue weighted by atomic mass is 10.1. The van der Waals surface area contributed by atoms with Gasteiger partial charge in [0.1, 0.15) is 0 Å². The van der Waals surface area contributed by atoms with Crippen LogP contribution < -0.4 is 4.74 Å². The van der Waals surface area contributed by atoms with Gasteiger partial charge in [0.2, 0.25) is 6.39 Å². The van der Waals surface area contributed by atoms with E-state index in [0.29, 0.717) is 24.5 Å². The van der Waals surface area contributed by atoms with E-state index >= 15 is 0 Å². The van der Waals surface area contributed by atoms with Crippen LogP contribution in [0.3, 0.4) is 0 Å². The molecule has 7 heteroatoms. The molecule has 1 aromatic heterocycles. The first-order valence-electron chi connectivity index (χ1n) is 6.58. The number of rotatable bonds is 3. The molecular weight excluding hydrogens is 277 g/mol. The van der Waals surface area contributed by atoms with E-state index in [1.807, 2.05) is 0 Å². The zero-order valence-electron chi connectivity index (χ0n) is 11.5. The molecule has 3 rings (SSSR count). The van der Waals surface area contributed by atoms with E-state index in [0.717, 1.165) is 6.42 Å². The number of methoxy groups -OCH3 is 1. The van der Waals surface area contributed by atoms with Gasteiger partial charge in [-0.3, -0.25) is 4.79 Å². The van der Waals surface area contributed by atoms with Gasteiger partial charge in [0.25, 0.3) is 5.91 Å². The van der Waals surface area contributed by atoms with Gasteiger partial charge in [-0.2, -0.15) is 4.98 Å². The molecule has 0 radical (unpaired) electrons. The molecule has 110 valence electrons. The van der Waals surface area contributed by atoms with Gasteiger partial charge in [-0.1, -0.05) is 5.16 Å². The van der Waals surface area contributed by atoms with Crippen molar-refractivity contribution in [2.75, 3.05) is 20.2 Å². The fourth-order valence-electron chi connectivity index (χ4n) is 2.50. The number of carbonyl (C=O) groups excluding carboxylic acids is 1. The van der Waals surface area contributed by atoms with E-state index in [2.05, 4.69) is 10.1 Å². The van der Waals surface area contributed by atoms with Crippen LogP contribution in [-0.4, -0.2) is 41.1 Å². The van der Waals surface area contributed by atoms with Crippen LogP contribution in [0.15, 0.2) is 29.1 Å². The summed E-state index contributed by atoms with van der Waals surface area (Å²) in [5, 5.41) is 3.80. The Balaban J connectivity index is 1.73. The number of amides is 1. The summed E-state index contributed by atoms with van der Waals surface area (Å²) in [5.74, 6) is 0.0412. The maximum atomic E-state index is 13.7. The number of carbonyl (C=O) groups is 1. The minimum absolute atomic E-state index is 0.0656. The van der Waals surface area contributed by atoms with Crippen LogP contribution in [0.25, 0.3) is 0 Å². The average Bonchev–Trinajstić information content (AvgIpc) is 3.17. The van der Waals surface area contributed by atoms with Crippen molar-refractivity contribution >= 4 is 5.91 Å². The summed E-state index contributed by atoms with van der Waals surface area (Å²) >= 11 is 0. The molecule has 0 saturated carbocycles. The predicted octanol–water partition coefficient (Wildman–Crippen LogP) is 1.85. The molecule has 0 unspecified atom stereocenters. The molecule has 1 fully saturated rings. The Bertz CT molecular complexity index is 645. The number of halogens is 1. The monoisotopic (exact) mass is 291 g/mol. The van der Waals surface area contributed by atoms with E-state index in [4.69, 9.17) is 9.26 Å². The Morgan fingerprint density at radius 1 is 1.52 bits per heavy atom. The molecule has 1 amide bonds. The first kappa shape index (κ1) is 13.5. The van der Waals surface area contributed by atoms with E-state index in [1.165, 1.54) is 25.6 Å². The summed E-state index contributed by atoms with van der Waals surface area (Å²) in [6.45, 7) is 1.09. The van der Waals surface area contributed by atoms with E-state index in [-0.39, 0.29) is 17.6 Å². The average molecular weight is 291 g/mol. The van der Waals surface area contributed by atoms with Crippen molar-refractivity contribution in [1.29, 1.82) is 0 Å². The fraction of sp³-hybridized carbons (Fsp3) is 0.357. The van der Waals surface area contributed by atoms with Crippen molar-refractivity contribution in [1.82, 2.24) is 15.0 Å². The van der Waals surface area contributed by atoms with Crippen molar-refractivity contribution < 1.29 is 18.4 Å². The third-order valence-corrected chi connectivity index (χ3v) is 3.62. The Kier molecular flexibility index (Phi) is 3.55. The van der Waals surface area contributed by atoms with Crippen LogP contribution in [0, 0.1) is 5.82 Å². The van der Waals surface area contributed by atoms with Crippen molar-refractivity contribution in [3.63, 3.8) is 0 Å². The lowest BCUT2D eigenvalue weighted by molar-refractivity contribution is 0.0790. The highest BCUT2D eigenvalue weighted by molar-refractivity contribution is 5.94. The summed E-state index contributed by atoms with van der Waals surface area (Å²) in [6.07, 6.45) is 2.04. The highest BCUT2D eigenvalue weighted by Crippen LogP contribution is 2.26. The standard InChI is InChI=1S/C14H14FN3O3/c1-20-12-3-2-9(6-11(12)15)14(19)18-5-4-10(7-18)13-16-8-21-17-13/h2-3,6,8,10H,4-5,7H2,1H3/t10-/m1/s1. The number of likely N-dealkylation sites (tertiary alicyclic amines) is 1. The quantitative estimate of drug-likeness (QED) is 0.863. The van der Waals surface area contributed by atoms with Crippen molar-refractivity contribution in [2.45, 2.75) is 12.3 Å². The molecule has 2 aromatic rings. The molecule has 1 aliphatic rings. The Labute approximate surface area is 120 Å². The molecule has 0 aliphatic carbocycles. The van der Waals surface area contributed by atoms with Gasteiger partial charge < -0.3 is 14.2 Å². The van der Waals surface area contributed by atoms with Crippen LogP contribution in [0.2, 0.25) is 0 Å². The molecule has 6 nitrogen and oxygen atoms in total. The molecule has 1 saturated heterocycles. The summed E-state index contributed by atoms with van der Waals surface area (Å²) in [7, 11) is 1.38. The number of benzene rings is 1. The van der Waals surface area contributed by atoms with Gasteiger partial charge in [-0.05, 0) is 24.6 Å². The Morgan fingerprint density at radius 2 is 2.38 bits per heavy atom. The van der Waals surface area contributed by atoms with Gasteiger partial charge >= 0.3 is 0 Å². The van der Waals surface area contributed by atoms with Crippen LogP contribution in [-0.2, 0) is 0 Å². The zero-order valence-corrected chi connectivity index (χ0v) is 11.5. The number of hydrogen-bond donors (Lipinski definition) is 0. The number of hydrogen-bond acceptors (Lipinski definition) is 5. The first-order valence-corrected chi connectivity index (χ1v) is 6.58. The summed E-state index contributed by atoms with van der Waals surface area (Å²) in [6, 6.07) is 4.21. The fourth-order valence-corrected chi connectivity index (χ4v) is 2.50. The van der Waals surface area contributed by atoms with Gasteiger partial charge in [-0.25, -0.2) is 4.39 Å². The van der Waals surface area contributed by atoms with Crippen molar-refractivity contribution in [3.8, 4) is 5.75 Å². The summed E-state index contributed by atoms with van der Waals surface area (Å²) in [5.41, 5.74) is 0.307. The van der Waals surface area contributed by atoms with Crippen LogP contribution in [0.4, 0.5) is 4.39 Å². The van der Waals surface area contributed by atoms with Gasteiger partial charge in [0, 0.05) is 24.6 Å². The normalized spacial score (nSPS) is 18.0. The number of nitrogens with zero attached hydrogens (tertiary/aromatic N) is 3. The van der Waals surface area contributed by atoms with E-state index in [1.54, 1.807) is 11.0 Å². The number of ether oxygens (including phenoxy) is 1. The van der Waals surface area contributed by atoms with Gasteiger partial charge in [0.15, 0.2) is 17.4 Å². The second kappa shape index (κ2) is 5.51. The second-order valence-electron chi connectivity index (χ2n) is 4.88. The second-order valence-corrected chi connectivity index (χ2v) is 4.88. The first-order chi connectivity index (χ1) is 10.2. The third kappa shape index (κ3) is 2.58. The largest absolute Gasteiger partial charge is 0.494 e. The number of aromatic nitrogens is 2. The molecule has 0 spiro atoms. The minimum atomic E-state index is -0.544. The maximum Gasteiger partial charge on any atom is 0.253 e. The lowest BCUT2D eigenvalue weighted by Gasteiger charge is -2.16. The summed E-state index contributed by atoms with van der Waals surface area (Å²) < 4.78 is 23.2. The highest BCUT2D eigenvalue weighted by Gasteiger charge is 2.30. The Hall–Kier alpha value is -2.44. The minimum Gasteiger partial charge on any atom is -0.494 e.